The molecule has 0 unspecified atom stereocenters. The van der Waals surface area contributed by atoms with E-state index in [1.807, 2.05) is 58.8 Å². The van der Waals surface area contributed by atoms with E-state index < -0.39 is 12.0 Å². The molecule has 1 atom stereocenters. The fourth-order valence-electron chi connectivity index (χ4n) is 4.51. The topological polar surface area (TPSA) is 89.5 Å². The Bertz CT molecular complexity index is 1300. The van der Waals surface area contributed by atoms with Crippen molar-refractivity contribution in [2.75, 3.05) is 20.8 Å². The molecule has 9 heteroatoms. The zero-order chi connectivity index (χ0) is 25.9. The maximum absolute atomic E-state index is 13.6. The number of nitrogens with zero attached hydrogens (tertiary/aromatic N) is 2. The van der Waals surface area contributed by atoms with Gasteiger partial charge in [0.05, 0.1) is 44.6 Å². The number of amidine groups is 1. The van der Waals surface area contributed by atoms with E-state index in [9.17, 15) is 9.59 Å². The summed E-state index contributed by atoms with van der Waals surface area (Å²) in [5.74, 6) is 0.674. The van der Waals surface area contributed by atoms with Crippen molar-refractivity contribution >= 4 is 34.5 Å². The van der Waals surface area contributed by atoms with E-state index in [-0.39, 0.29) is 25.0 Å². The van der Waals surface area contributed by atoms with E-state index >= 15 is 0 Å². The third-order valence-electron chi connectivity index (χ3n) is 6.37. The van der Waals surface area contributed by atoms with Crippen LogP contribution in [0.1, 0.15) is 43.4 Å². The highest BCUT2D eigenvalue weighted by atomic mass is 32.2. The Kier molecular flexibility index (Phi) is 7.23. The number of carbonyl (C=O) groups is 2. The second kappa shape index (κ2) is 10.7. The van der Waals surface area contributed by atoms with Crippen LogP contribution < -0.4 is 14.8 Å². The van der Waals surface area contributed by atoms with E-state index in [1.165, 1.54) is 11.8 Å². The van der Waals surface area contributed by atoms with E-state index in [2.05, 4.69) is 5.32 Å². The van der Waals surface area contributed by atoms with Crippen molar-refractivity contribution < 1.29 is 23.8 Å². The highest BCUT2D eigenvalue weighted by Crippen LogP contribution is 2.49. The summed E-state index contributed by atoms with van der Waals surface area (Å²) >= 11 is 1.43. The van der Waals surface area contributed by atoms with Gasteiger partial charge in [0.25, 0.3) is 0 Å². The molecule has 1 saturated carbocycles. The number of hydrogen-bond acceptors (Lipinski definition) is 8. The van der Waals surface area contributed by atoms with Gasteiger partial charge in [0.15, 0.2) is 5.17 Å². The minimum Gasteiger partial charge on any atom is -0.497 e. The number of methoxy groups -OCH3 is 2. The van der Waals surface area contributed by atoms with Crippen LogP contribution in [0.2, 0.25) is 0 Å². The number of nitrogens with one attached hydrogen (secondary N) is 1. The van der Waals surface area contributed by atoms with Crippen LogP contribution in [0.15, 0.2) is 70.2 Å². The van der Waals surface area contributed by atoms with Crippen LogP contribution in [0.4, 0.5) is 0 Å². The second-order valence-electron chi connectivity index (χ2n) is 8.87. The van der Waals surface area contributed by atoms with Crippen LogP contribution in [0.3, 0.4) is 0 Å². The SMILES string of the molecule is CCOC(=O)C1=C(c2ccccc2)N=C2SC=C(CC(=O)NC3CC3)N2[C@H]1c1cc(OC)ccc1OC. The molecule has 5 rings (SSSR count). The summed E-state index contributed by atoms with van der Waals surface area (Å²) in [5.41, 5.74) is 3.17. The van der Waals surface area contributed by atoms with E-state index in [4.69, 9.17) is 19.2 Å². The molecule has 8 nitrogen and oxygen atoms in total. The largest absolute Gasteiger partial charge is 0.497 e. The lowest BCUT2D eigenvalue weighted by atomic mass is 9.90. The molecule has 1 fully saturated rings. The summed E-state index contributed by atoms with van der Waals surface area (Å²) in [6, 6.07) is 14.7. The Morgan fingerprint density at radius 2 is 1.89 bits per heavy atom. The first-order chi connectivity index (χ1) is 18.0. The van der Waals surface area contributed by atoms with Crippen LogP contribution >= 0.6 is 11.8 Å². The molecule has 2 heterocycles. The maximum atomic E-state index is 13.6. The quantitative estimate of drug-likeness (QED) is 0.483. The summed E-state index contributed by atoms with van der Waals surface area (Å²) < 4.78 is 16.9. The van der Waals surface area contributed by atoms with Gasteiger partial charge in [0.2, 0.25) is 5.91 Å². The van der Waals surface area contributed by atoms with Crippen molar-refractivity contribution in [1.29, 1.82) is 0 Å². The van der Waals surface area contributed by atoms with Gasteiger partial charge in [0, 0.05) is 22.9 Å². The predicted molar refractivity (Wildman–Crippen MR) is 143 cm³/mol. The van der Waals surface area contributed by atoms with Crippen LogP contribution in [-0.4, -0.2) is 48.8 Å². The Morgan fingerprint density at radius 3 is 2.57 bits per heavy atom. The Balaban J connectivity index is 1.69. The molecule has 2 aliphatic heterocycles. The van der Waals surface area contributed by atoms with E-state index in [1.54, 1.807) is 21.1 Å². The van der Waals surface area contributed by atoms with Gasteiger partial charge in [-0.15, -0.1) is 0 Å². The normalized spacial score (nSPS) is 18.6. The molecular weight excluding hydrogens is 490 g/mol. The lowest BCUT2D eigenvalue weighted by molar-refractivity contribution is -0.139. The van der Waals surface area contributed by atoms with Crippen LogP contribution in [0.5, 0.6) is 11.5 Å². The van der Waals surface area contributed by atoms with Crippen molar-refractivity contribution in [3.63, 3.8) is 0 Å². The minimum atomic E-state index is -0.651. The first-order valence-electron chi connectivity index (χ1n) is 12.3. The second-order valence-corrected chi connectivity index (χ2v) is 9.71. The Labute approximate surface area is 220 Å². The third kappa shape index (κ3) is 5.09. The summed E-state index contributed by atoms with van der Waals surface area (Å²) in [7, 11) is 3.18. The van der Waals surface area contributed by atoms with E-state index in [0.717, 1.165) is 24.1 Å². The van der Waals surface area contributed by atoms with Gasteiger partial charge in [-0.25, -0.2) is 9.79 Å². The number of fused-ring (bicyclic) bond motifs is 1. The number of benzene rings is 2. The number of thioether (sulfide) groups is 1. The molecule has 1 aliphatic carbocycles. The molecule has 0 spiro atoms. The van der Waals surface area contributed by atoms with Gasteiger partial charge in [-0.2, -0.15) is 0 Å². The molecule has 1 N–H and O–H groups in total. The molecule has 0 bridgehead atoms. The van der Waals surface area contributed by atoms with Gasteiger partial charge >= 0.3 is 5.97 Å². The predicted octanol–water partition coefficient (Wildman–Crippen LogP) is 4.65. The zero-order valence-electron chi connectivity index (χ0n) is 21.0. The van der Waals surface area contributed by atoms with Crippen molar-refractivity contribution in [2.45, 2.75) is 38.3 Å². The van der Waals surface area contributed by atoms with Gasteiger partial charge in [-0.1, -0.05) is 42.1 Å². The molecule has 0 aromatic heterocycles. The molecule has 1 amide bonds. The lowest BCUT2D eigenvalue weighted by Gasteiger charge is -2.37. The number of aliphatic imine (C=N–C) groups is 1. The number of amides is 1. The average molecular weight is 520 g/mol. The Morgan fingerprint density at radius 1 is 1.11 bits per heavy atom. The van der Waals surface area contributed by atoms with Crippen molar-refractivity contribution in [3.05, 3.63) is 76.3 Å². The third-order valence-corrected chi connectivity index (χ3v) is 7.26. The molecular formula is C28H29N3O5S. The van der Waals surface area contributed by atoms with Gasteiger partial charge < -0.3 is 24.4 Å². The van der Waals surface area contributed by atoms with Gasteiger partial charge in [-0.05, 0) is 43.4 Å². The van der Waals surface area contributed by atoms with Gasteiger partial charge in [0.1, 0.15) is 11.5 Å². The van der Waals surface area contributed by atoms with Crippen molar-refractivity contribution in [2.24, 2.45) is 4.99 Å². The maximum Gasteiger partial charge on any atom is 0.338 e. The molecule has 37 heavy (non-hydrogen) atoms. The number of carbonyl (C=O) groups excluding carboxylic acids is 2. The molecule has 0 radical (unpaired) electrons. The number of rotatable bonds is 9. The van der Waals surface area contributed by atoms with Gasteiger partial charge in [-0.3, -0.25) is 4.79 Å². The summed E-state index contributed by atoms with van der Waals surface area (Å²) in [6.07, 6.45) is 2.19. The summed E-state index contributed by atoms with van der Waals surface area (Å²) in [4.78, 5) is 33.3. The number of hydrogen-bond donors (Lipinski definition) is 1. The highest BCUT2D eigenvalue weighted by molar-refractivity contribution is 8.16. The first-order valence-corrected chi connectivity index (χ1v) is 13.1. The molecule has 3 aliphatic rings. The molecule has 0 saturated heterocycles. The van der Waals surface area contributed by atoms with Crippen molar-refractivity contribution in [1.82, 2.24) is 10.2 Å². The fraction of sp³-hybridized carbons (Fsp3) is 0.321. The lowest BCUT2D eigenvalue weighted by Crippen LogP contribution is -2.38. The molecule has 2 aromatic rings. The van der Waals surface area contributed by atoms with Crippen LogP contribution in [0, 0.1) is 0 Å². The smallest absolute Gasteiger partial charge is 0.338 e. The standard InChI is InChI=1S/C28H29N3O5S/c1-4-36-27(33)24-25(17-8-6-5-7-9-17)30-28-31(19(16-37-28)14-23(32)29-18-10-11-18)26(24)21-15-20(34-2)12-13-22(21)35-3/h5-9,12-13,15-16,18,26H,4,10-11,14H2,1-3H3,(H,29,32)/t26-/m0/s1. The average Bonchev–Trinajstić information content (AvgIpc) is 3.65. The Hall–Kier alpha value is -3.72. The minimum absolute atomic E-state index is 0.0533. The zero-order valence-corrected chi connectivity index (χ0v) is 21.8. The monoisotopic (exact) mass is 519 g/mol. The molecule has 2 aromatic carbocycles. The van der Waals surface area contributed by atoms with Crippen molar-refractivity contribution in [3.8, 4) is 11.5 Å². The number of ether oxygens (including phenoxy) is 3. The summed E-state index contributed by atoms with van der Waals surface area (Å²) in [5, 5.41) is 5.67. The van der Waals surface area contributed by atoms with Crippen LogP contribution in [-0.2, 0) is 14.3 Å². The van der Waals surface area contributed by atoms with Crippen LogP contribution in [0.25, 0.3) is 5.70 Å². The highest BCUT2D eigenvalue weighted by Gasteiger charge is 2.43. The fourth-order valence-corrected chi connectivity index (χ4v) is 5.43. The first kappa shape index (κ1) is 25.0. The van der Waals surface area contributed by atoms with E-state index in [0.29, 0.717) is 33.5 Å². The number of esters is 1. The summed E-state index contributed by atoms with van der Waals surface area (Å²) in [6.45, 7) is 1.99. The molecule has 192 valence electrons.